The van der Waals surface area contributed by atoms with Crippen molar-refractivity contribution in [3.05, 3.63) is 35.4 Å². The molecule has 1 amide bonds. The van der Waals surface area contributed by atoms with Crippen LogP contribution in [0.15, 0.2) is 24.3 Å². The predicted octanol–water partition coefficient (Wildman–Crippen LogP) is 2.09. The average Bonchev–Trinajstić information content (AvgIpc) is 2.49. The van der Waals surface area contributed by atoms with E-state index in [1.165, 1.54) is 5.56 Å². The predicted molar refractivity (Wildman–Crippen MR) is 91.6 cm³/mol. The van der Waals surface area contributed by atoms with Crippen LogP contribution in [-0.4, -0.2) is 39.3 Å². The van der Waals surface area contributed by atoms with Crippen LogP contribution in [0.3, 0.4) is 0 Å². The molecule has 1 saturated heterocycles. The smallest absolute Gasteiger partial charge is 0.224 e. The zero-order valence-corrected chi connectivity index (χ0v) is 14.3. The van der Waals surface area contributed by atoms with Crippen LogP contribution in [0, 0.1) is 12.3 Å². The second kappa shape index (κ2) is 9.13. The lowest BCUT2D eigenvalue weighted by Gasteiger charge is -2.37. The summed E-state index contributed by atoms with van der Waals surface area (Å²) < 4.78 is 5.37. The number of ether oxygens (including phenoxy) is 1. The first-order valence-electron chi connectivity index (χ1n) is 7.65. The average molecular weight is 327 g/mol. The van der Waals surface area contributed by atoms with Crippen LogP contribution >= 0.6 is 12.4 Å². The third-order valence-corrected chi connectivity index (χ3v) is 4.26. The molecule has 5 heteroatoms. The van der Waals surface area contributed by atoms with Gasteiger partial charge in [0.05, 0.1) is 13.0 Å². The maximum absolute atomic E-state index is 12.1. The van der Waals surface area contributed by atoms with Crippen molar-refractivity contribution in [2.24, 2.45) is 5.41 Å². The van der Waals surface area contributed by atoms with Crippen LogP contribution in [-0.2, 0) is 16.0 Å². The minimum atomic E-state index is 0. The summed E-state index contributed by atoms with van der Waals surface area (Å²) in [6, 6.07) is 8.12. The summed E-state index contributed by atoms with van der Waals surface area (Å²) in [5.41, 5.74) is 2.36. The van der Waals surface area contributed by atoms with E-state index in [2.05, 4.69) is 17.6 Å². The van der Waals surface area contributed by atoms with E-state index in [1.807, 2.05) is 24.3 Å². The van der Waals surface area contributed by atoms with Crippen LogP contribution in [0.5, 0.6) is 0 Å². The Kier molecular flexibility index (Phi) is 7.87. The summed E-state index contributed by atoms with van der Waals surface area (Å²) in [4.78, 5) is 12.1. The van der Waals surface area contributed by atoms with Crippen LogP contribution in [0.25, 0.3) is 0 Å². The Hall–Kier alpha value is -1.10. The Morgan fingerprint density at radius 3 is 2.50 bits per heavy atom. The third kappa shape index (κ3) is 5.59. The van der Waals surface area contributed by atoms with Gasteiger partial charge < -0.3 is 15.4 Å². The van der Waals surface area contributed by atoms with Crippen LogP contribution in [0.2, 0.25) is 0 Å². The number of aryl methyl sites for hydroxylation is 1. The van der Waals surface area contributed by atoms with Crippen LogP contribution < -0.4 is 10.6 Å². The van der Waals surface area contributed by atoms with E-state index in [4.69, 9.17) is 4.74 Å². The molecule has 0 atom stereocenters. The highest BCUT2D eigenvalue weighted by molar-refractivity contribution is 5.85. The molecule has 0 saturated carbocycles. The molecule has 1 aromatic carbocycles. The van der Waals surface area contributed by atoms with Gasteiger partial charge in [-0.05, 0) is 38.4 Å². The molecule has 0 radical (unpaired) electrons. The first kappa shape index (κ1) is 18.9. The maximum Gasteiger partial charge on any atom is 0.224 e. The minimum absolute atomic E-state index is 0. The van der Waals surface area contributed by atoms with Crippen molar-refractivity contribution in [1.29, 1.82) is 0 Å². The van der Waals surface area contributed by atoms with E-state index < -0.39 is 0 Å². The molecule has 0 aromatic heterocycles. The van der Waals surface area contributed by atoms with Gasteiger partial charge in [0.15, 0.2) is 0 Å². The summed E-state index contributed by atoms with van der Waals surface area (Å²) in [5, 5.41) is 6.46. The Bertz CT molecular complexity index is 451. The van der Waals surface area contributed by atoms with Gasteiger partial charge in [0, 0.05) is 19.1 Å². The van der Waals surface area contributed by atoms with E-state index in [0.717, 1.165) is 31.5 Å². The monoisotopic (exact) mass is 326 g/mol. The van der Waals surface area contributed by atoms with Crippen LogP contribution in [0.1, 0.15) is 24.0 Å². The number of benzene rings is 1. The number of carbonyl (C=O) groups is 1. The van der Waals surface area contributed by atoms with E-state index in [0.29, 0.717) is 19.6 Å². The van der Waals surface area contributed by atoms with Crippen molar-refractivity contribution in [3.8, 4) is 0 Å². The van der Waals surface area contributed by atoms with Crippen molar-refractivity contribution in [2.75, 3.05) is 33.4 Å². The van der Waals surface area contributed by atoms with Gasteiger partial charge in [0.1, 0.15) is 0 Å². The lowest BCUT2D eigenvalue weighted by Crippen LogP contribution is -2.47. The second-order valence-electron chi connectivity index (χ2n) is 6.12. The molecule has 0 aliphatic carbocycles. The summed E-state index contributed by atoms with van der Waals surface area (Å²) in [6.45, 7) is 5.45. The van der Waals surface area contributed by atoms with Gasteiger partial charge in [-0.15, -0.1) is 12.4 Å². The fraction of sp³-hybridized carbons (Fsp3) is 0.588. The molecule has 0 unspecified atom stereocenters. The highest BCUT2D eigenvalue weighted by Crippen LogP contribution is 2.28. The summed E-state index contributed by atoms with van der Waals surface area (Å²) >= 11 is 0. The van der Waals surface area contributed by atoms with E-state index >= 15 is 0 Å². The Labute approximate surface area is 139 Å². The lowest BCUT2D eigenvalue weighted by atomic mass is 9.79. The molecule has 4 nitrogen and oxygen atoms in total. The number of methoxy groups -OCH3 is 1. The number of piperidine rings is 1. The Morgan fingerprint density at radius 1 is 1.27 bits per heavy atom. The number of carbonyl (C=O) groups excluding carboxylic acids is 1. The number of hydrogen-bond donors (Lipinski definition) is 2. The first-order valence-corrected chi connectivity index (χ1v) is 7.65. The number of rotatable bonds is 6. The molecule has 1 fully saturated rings. The minimum Gasteiger partial charge on any atom is -0.384 e. The van der Waals surface area contributed by atoms with E-state index in [9.17, 15) is 4.79 Å². The molecule has 124 valence electrons. The zero-order valence-electron chi connectivity index (χ0n) is 13.5. The van der Waals surface area contributed by atoms with E-state index in [1.54, 1.807) is 7.11 Å². The highest BCUT2D eigenvalue weighted by Gasteiger charge is 2.32. The molecule has 2 rings (SSSR count). The molecule has 0 bridgehead atoms. The number of nitrogens with one attached hydrogen (secondary N) is 2. The van der Waals surface area contributed by atoms with Crippen molar-refractivity contribution in [2.45, 2.75) is 26.2 Å². The summed E-state index contributed by atoms with van der Waals surface area (Å²) in [6.07, 6.45) is 2.54. The fourth-order valence-electron chi connectivity index (χ4n) is 2.88. The molecule has 1 aliphatic heterocycles. The molecule has 1 heterocycles. The zero-order chi connectivity index (χ0) is 15.1. The Morgan fingerprint density at radius 2 is 1.91 bits per heavy atom. The highest BCUT2D eigenvalue weighted by atomic mass is 35.5. The normalized spacial score (nSPS) is 16.6. The standard InChI is InChI=1S/C17H26N2O2.ClH/c1-14-3-5-15(6-4-14)11-16(20)19-12-17(13-21-2)7-9-18-10-8-17;/h3-6,18H,7-13H2,1-2H3,(H,19,20);1H. The number of hydrogen-bond acceptors (Lipinski definition) is 3. The lowest BCUT2D eigenvalue weighted by molar-refractivity contribution is -0.121. The van der Waals surface area contributed by atoms with Crippen molar-refractivity contribution in [1.82, 2.24) is 10.6 Å². The summed E-state index contributed by atoms with van der Waals surface area (Å²) in [5.74, 6) is 0.0906. The van der Waals surface area contributed by atoms with Gasteiger partial charge in [0.2, 0.25) is 5.91 Å². The molecular formula is C17H27ClN2O2. The molecule has 0 spiro atoms. The molecule has 2 N–H and O–H groups in total. The second-order valence-corrected chi connectivity index (χ2v) is 6.12. The third-order valence-electron chi connectivity index (χ3n) is 4.26. The van der Waals surface area contributed by atoms with Gasteiger partial charge in [-0.2, -0.15) is 0 Å². The van der Waals surface area contributed by atoms with E-state index in [-0.39, 0.29) is 23.7 Å². The molecule has 22 heavy (non-hydrogen) atoms. The number of amides is 1. The molecular weight excluding hydrogens is 300 g/mol. The van der Waals surface area contributed by atoms with Gasteiger partial charge in [-0.25, -0.2) is 0 Å². The maximum atomic E-state index is 12.1. The van der Waals surface area contributed by atoms with Crippen LogP contribution in [0.4, 0.5) is 0 Å². The fourth-order valence-corrected chi connectivity index (χ4v) is 2.88. The Balaban J connectivity index is 0.00000242. The van der Waals surface area contributed by atoms with Crippen molar-refractivity contribution >= 4 is 18.3 Å². The molecule has 1 aliphatic rings. The van der Waals surface area contributed by atoms with Crippen molar-refractivity contribution < 1.29 is 9.53 Å². The van der Waals surface area contributed by atoms with Crippen molar-refractivity contribution in [3.63, 3.8) is 0 Å². The topological polar surface area (TPSA) is 50.4 Å². The van der Waals surface area contributed by atoms with Gasteiger partial charge >= 0.3 is 0 Å². The SMILES string of the molecule is COCC1(CNC(=O)Cc2ccc(C)cc2)CCNCC1.Cl. The van der Waals surface area contributed by atoms with Gasteiger partial charge in [0.25, 0.3) is 0 Å². The first-order chi connectivity index (χ1) is 10.1. The van der Waals surface area contributed by atoms with Gasteiger partial charge in [-0.3, -0.25) is 4.79 Å². The quantitative estimate of drug-likeness (QED) is 0.841. The summed E-state index contributed by atoms with van der Waals surface area (Å²) in [7, 11) is 1.73. The molecule has 1 aromatic rings. The largest absolute Gasteiger partial charge is 0.384 e. The number of halogens is 1. The van der Waals surface area contributed by atoms with Gasteiger partial charge in [-0.1, -0.05) is 29.8 Å².